The molecule has 1 aliphatic rings. The zero-order valence-electron chi connectivity index (χ0n) is 6.92. The number of nitrogens with two attached hydrogens (primary N) is 1. The van der Waals surface area contributed by atoms with Crippen molar-refractivity contribution in [2.24, 2.45) is 5.73 Å². The normalized spacial score (nSPS) is 19.7. The van der Waals surface area contributed by atoms with Crippen LogP contribution in [0, 0.1) is 0 Å². The van der Waals surface area contributed by atoms with Crippen LogP contribution in [0.1, 0.15) is 19.3 Å². The van der Waals surface area contributed by atoms with E-state index in [9.17, 15) is 0 Å². The number of hydrazine groups is 1. The molecule has 1 saturated heterocycles. The monoisotopic (exact) mass is 173 g/mol. The quantitative estimate of drug-likeness (QED) is 0.587. The Morgan fingerprint density at radius 3 is 2.36 bits per heavy atom. The Hall–Kier alpha value is -0.350. The van der Waals surface area contributed by atoms with Crippen molar-refractivity contribution >= 4 is 17.3 Å². The van der Waals surface area contributed by atoms with E-state index in [4.69, 9.17) is 18.0 Å². The second-order valence-electron chi connectivity index (χ2n) is 2.88. The van der Waals surface area contributed by atoms with Crippen LogP contribution in [0.2, 0.25) is 0 Å². The van der Waals surface area contributed by atoms with Crippen molar-refractivity contribution in [2.45, 2.75) is 19.3 Å². The molecule has 1 fully saturated rings. The third-order valence-corrected chi connectivity index (χ3v) is 2.34. The first-order valence-corrected chi connectivity index (χ1v) is 4.40. The fraction of sp³-hybridized carbons (Fsp3) is 0.857. The van der Waals surface area contributed by atoms with Gasteiger partial charge in [0.15, 0.2) is 5.11 Å². The summed E-state index contributed by atoms with van der Waals surface area (Å²) in [6.45, 7) is 2.18. The van der Waals surface area contributed by atoms with Crippen LogP contribution in [0.4, 0.5) is 0 Å². The van der Waals surface area contributed by atoms with Crippen LogP contribution in [-0.2, 0) is 0 Å². The van der Waals surface area contributed by atoms with Crippen LogP contribution in [0.5, 0.6) is 0 Å². The van der Waals surface area contributed by atoms with Crippen LogP contribution >= 0.6 is 12.2 Å². The number of rotatable bonds is 1. The average molecular weight is 173 g/mol. The van der Waals surface area contributed by atoms with E-state index in [1.54, 1.807) is 0 Å². The zero-order chi connectivity index (χ0) is 8.27. The molecule has 0 aliphatic carbocycles. The lowest BCUT2D eigenvalue weighted by molar-refractivity contribution is 0.0493. The summed E-state index contributed by atoms with van der Waals surface area (Å²) in [5.41, 5.74) is 5.48. The Bertz CT molecular complexity index is 143. The van der Waals surface area contributed by atoms with Gasteiger partial charge in [0.25, 0.3) is 0 Å². The van der Waals surface area contributed by atoms with E-state index in [0.29, 0.717) is 5.11 Å². The largest absolute Gasteiger partial charge is 0.375 e. The van der Waals surface area contributed by atoms with Crippen LogP contribution < -0.4 is 5.73 Å². The molecule has 0 unspecified atom stereocenters. The smallest absolute Gasteiger partial charge is 0.180 e. The molecular weight excluding hydrogens is 158 g/mol. The summed E-state index contributed by atoms with van der Waals surface area (Å²) in [6, 6.07) is 0. The number of nitrogens with zero attached hydrogens (tertiary/aromatic N) is 2. The van der Waals surface area contributed by atoms with Crippen LogP contribution in [-0.4, -0.2) is 35.3 Å². The van der Waals surface area contributed by atoms with E-state index < -0.39 is 0 Å². The van der Waals surface area contributed by atoms with Crippen molar-refractivity contribution in [3.05, 3.63) is 0 Å². The fourth-order valence-corrected chi connectivity index (χ4v) is 1.43. The molecule has 2 N–H and O–H groups in total. The number of thiocarbonyl (C=S) groups is 1. The predicted octanol–water partition coefficient (Wildman–Crippen LogP) is 0.563. The lowest BCUT2D eigenvalue weighted by Crippen LogP contribution is -2.48. The van der Waals surface area contributed by atoms with E-state index >= 15 is 0 Å². The molecule has 0 aromatic carbocycles. The van der Waals surface area contributed by atoms with Gasteiger partial charge in [0.1, 0.15) is 0 Å². The van der Waals surface area contributed by atoms with Crippen LogP contribution in [0.15, 0.2) is 0 Å². The molecule has 0 aromatic rings. The Morgan fingerprint density at radius 2 is 1.91 bits per heavy atom. The standard InChI is InChI=1S/C7H15N3S/c1-9(7(8)11)10-5-3-2-4-6-10/h2-6H2,1H3,(H2,8,11). The van der Waals surface area contributed by atoms with Gasteiger partial charge >= 0.3 is 0 Å². The molecule has 0 spiro atoms. The van der Waals surface area contributed by atoms with E-state index in [1.807, 2.05) is 12.1 Å². The van der Waals surface area contributed by atoms with Gasteiger partial charge in [-0.3, -0.25) is 5.01 Å². The Labute approximate surface area is 73.1 Å². The maximum absolute atomic E-state index is 5.48. The summed E-state index contributed by atoms with van der Waals surface area (Å²) >= 11 is 4.86. The van der Waals surface area contributed by atoms with E-state index in [0.717, 1.165) is 13.1 Å². The molecule has 1 heterocycles. The number of piperidine rings is 1. The first-order valence-electron chi connectivity index (χ1n) is 4.00. The van der Waals surface area contributed by atoms with Gasteiger partial charge in [0.2, 0.25) is 0 Å². The Kier molecular flexibility index (Phi) is 3.08. The van der Waals surface area contributed by atoms with Crippen molar-refractivity contribution in [1.29, 1.82) is 0 Å². The van der Waals surface area contributed by atoms with Gasteiger partial charge in [0, 0.05) is 20.1 Å². The topological polar surface area (TPSA) is 32.5 Å². The summed E-state index contributed by atoms with van der Waals surface area (Å²) in [5, 5.41) is 4.53. The Morgan fingerprint density at radius 1 is 1.36 bits per heavy atom. The number of hydrogen-bond donors (Lipinski definition) is 1. The zero-order valence-corrected chi connectivity index (χ0v) is 7.73. The summed E-state index contributed by atoms with van der Waals surface area (Å²) in [6.07, 6.45) is 3.85. The van der Waals surface area contributed by atoms with E-state index in [2.05, 4.69) is 5.01 Å². The predicted molar refractivity (Wildman–Crippen MR) is 50.0 cm³/mol. The first kappa shape index (κ1) is 8.74. The van der Waals surface area contributed by atoms with Crippen LogP contribution in [0.3, 0.4) is 0 Å². The Balaban J connectivity index is 2.38. The number of hydrogen-bond acceptors (Lipinski definition) is 2. The minimum atomic E-state index is 0.465. The molecule has 0 bridgehead atoms. The van der Waals surface area contributed by atoms with Gasteiger partial charge < -0.3 is 5.73 Å². The van der Waals surface area contributed by atoms with Crippen molar-refractivity contribution < 1.29 is 0 Å². The summed E-state index contributed by atoms with van der Waals surface area (Å²) in [5.74, 6) is 0. The third-order valence-electron chi connectivity index (χ3n) is 2.08. The molecule has 1 aliphatic heterocycles. The molecule has 1 rings (SSSR count). The highest BCUT2D eigenvalue weighted by Gasteiger charge is 2.14. The van der Waals surface area contributed by atoms with Gasteiger partial charge in [-0.15, -0.1) is 0 Å². The summed E-state index contributed by atoms with van der Waals surface area (Å²) in [4.78, 5) is 0. The molecule has 64 valence electrons. The second kappa shape index (κ2) is 3.88. The van der Waals surface area contributed by atoms with E-state index in [1.165, 1.54) is 19.3 Å². The molecule has 0 atom stereocenters. The molecule has 0 amide bonds. The van der Waals surface area contributed by atoms with Gasteiger partial charge in [-0.1, -0.05) is 6.42 Å². The SMILES string of the molecule is CN(C(N)=S)N1CCCCC1. The van der Waals surface area contributed by atoms with Gasteiger partial charge in [-0.05, 0) is 25.1 Å². The van der Waals surface area contributed by atoms with Crippen molar-refractivity contribution in [1.82, 2.24) is 10.0 Å². The molecule has 0 saturated carbocycles. The highest BCUT2D eigenvalue weighted by molar-refractivity contribution is 7.80. The molecule has 0 radical (unpaired) electrons. The highest BCUT2D eigenvalue weighted by Crippen LogP contribution is 2.09. The van der Waals surface area contributed by atoms with Crippen molar-refractivity contribution in [2.75, 3.05) is 20.1 Å². The summed E-state index contributed by atoms with van der Waals surface area (Å²) < 4.78 is 0. The minimum absolute atomic E-state index is 0.465. The molecular formula is C7H15N3S. The lowest BCUT2D eigenvalue weighted by Gasteiger charge is -2.34. The maximum atomic E-state index is 5.48. The molecule has 3 nitrogen and oxygen atoms in total. The van der Waals surface area contributed by atoms with Crippen molar-refractivity contribution in [3.8, 4) is 0 Å². The van der Waals surface area contributed by atoms with Gasteiger partial charge in [0.05, 0.1) is 0 Å². The van der Waals surface area contributed by atoms with E-state index in [-0.39, 0.29) is 0 Å². The summed E-state index contributed by atoms with van der Waals surface area (Å²) in [7, 11) is 1.92. The molecule has 0 aromatic heterocycles. The first-order chi connectivity index (χ1) is 5.22. The third kappa shape index (κ3) is 2.31. The van der Waals surface area contributed by atoms with Crippen LogP contribution in [0.25, 0.3) is 0 Å². The lowest BCUT2D eigenvalue weighted by atomic mass is 10.2. The fourth-order valence-electron chi connectivity index (χ4n) is 1.32. The molecule has 4 heteroatoms. The maximum Gasteiger partial charge on any atom is 0.180 e. The van der Waals surface area contributed by atoms with Gasteiger partial charge in [-0.25, -0.2) is 5.01 Å². The highest BCUT2D eigenvalue weighted by atomic mass is 32.1. The molecule has 11 heavy (non-hydrogen) atoms. The van der Waals surface area contributed by atoms with Crippen molar-refractivity contribution in [3.63, 3.8) is 0 Å². The minimum Gasteiger partial charge on any atom is -0.375 e. The van der Waals surface area contributed by atoms with Gasteiger partial charge in [-0.2, -0.15) is 0 Å². The average Bonchev–Trinajstić information content (AvgIpc) is 2.05. The second-order valence-corrected chi connectivity index (χ2v) is 3.29.